The van der Waals surface area contributed by atoms with Crippen LogP contribution in [0.1, 0.15) is 11.4 Å². The zero-order valence-corrected chi connectivity index (χ0v) is 15.7. The van der Waals surface area contributed by atoms with E-state index >= 15 is 0 Å². The van der Waals surface area contributed by atoms with Crippen LogP contribution in [0, 0.1) is 13.8 Å². The quantitative estimate of drug-likeness (QED) is 0.656. The monoisotopic (exact) mass is 382 g/mol. The Hall–Kier alpha value is -3.12. The lowest BCUT2D eigenvalue weighted by atomic mass is 10.2. The zero-order chi connectivity index (χ0) is 19.2. The molecule has 0 aliphatic heterocycles. The Morgan fingerprint density at radius 1 is 0.963 bits per heavy atom. The first-order valence-electron chi connectivity index (χ1n) is 8.35. The van der Waals surface area contributed by atoms with E-state index < -0.39 is 0 Å². The molecule has 0 aliphatic rings. The number of rotatable bonds is 6. The van der Waals surface area contributed by atoms with Crippen molar-refractivity contribution in [3.05, 3.63) is 71.0 Å². The van der Waals surface area contributed by atoms with E-state index in [0.29, 0.717) is 22.4 Å². The summed E-state index contributed by atoms with van der Waals surface area (Å²) < 4.78 is 5.42. The standard InChI is InChI=1S/C20H19ClN4O2/c1-13-11-14(2)23-20(22-13)25-17-7-5-16(6-8-17)24-19(26)12-27-18-9-3-15(21)4-10-18/h3-11H,12H2,1-2H3,(H,24,26)(H,22,23,25). The molecule has 138 valence electrons. The predicted molar refractivity (Wildman–Crippen MR) is 107 cm³/mol. The largest absolute Gasteiger partial charge is 0.484 e. The molecular formula is C20H19ClN4O2. The van der Waals surface area contributed by atoms with Gasteiger partial charge in [0.1, 0.15) is 5.75 Å². The molecule has 1 amide bonds. The number of anilines is 3. The van der Waals surface area contributed by atoms with Gasteiger partial charge in [0, 0.05) is 27.8 Å². The van der Waals surface area contributed by atoms with Crippen molar-refractivity contribution in [1.29, 1.82) is 0 Å². The molecule has 0 unspecified atom stereocenters. The van der Waals surface area contributed by atoms with Crippen LogP contribution in [0.4, 0.5) is 17.3 Å². The maximum atomic E-state index is 12.0. The van der Waals surface area contributed by atoms with Crippen LogP contribution in [0.15, 0.2) is 54.6 Å². The Labute approximate surface area is 162 Å². The van der Waals surface area contributed by atoms with E-state index in [1.54, 1.807) is 36.4 Å². The van der Waals surface area contributed by atoms with Crippen LogP contribution in [0.3, 0.4) is 0 Å². The molecule has 2 N–H and O–H groups in total. The summed E-state index contributed by atoms with van der Waals surface area (Å²) in [7, 11) is 0. The fourth-order valence-corrected chi connectivity index (χ4v) is 2.55. The summed E-state index contributed by atoms with van der Waals surface area (Å²) in [4.78, 5) is 20.7. The van der Waals surface area contributed by atoms with Crippen molar-refractivity contribution < 1.29 is 9.53 Å². The molecule has 6 nitrogen and oxygen atoms in total. The molecule has 3 rings (SSSR count). The number of aryl methyl sites for hydroxylation is 2. The molecule has 0 aliphatic carbocycles. The molecule has 27 heavy (non-hydrogen) atoms. The van der Waals surface area contributed by atoms with E-state index in [-0.39, 0.29) is 12.5 Å². The second kappa shape index (κ2) is 8.51. The Kier molecular flexibility index (Phi) is 5.88. The van der Waals surface area contributed by atoms with Gasteiger partial charge in [-0.15, -0.1) is 0 Å². The molecule has 0 saturated heterocycles. The summed E-state index contributed by atoms with van der Waals surface area (Å²) >= 11 is 5.81. The van der Waals surface area contributed by atoms with Crippen molar-refractivity contribution in [2.75, 3.05) is 17.2 Å². The summed E-state index contributed by atoms with van der Waals surface area (Å²) in [6.07, 6.45) is 0. The Bertz CT molecular complexity index is 907. The van der Waals surface area contributed by atoms with Gasteiger partial charge in [0.25, 0.3) is 5.91 Å². The first-order chi connectivity index (χ1) is 13.0. The van der Waals surface area contributed by atoms with Crippen LogP contribution >= 0.6 is 11.6 Å². The Morgan fingerprint density at radius 3 is 2.19 bits per heavy atom. The van der Waals surface area contributed by atoms with Gasteiger partial charge in [-0.2, -0.15) is 0 Å². The van der Waals surface area contributed by atoms with Gasteiger partial charge >= 0.3 is 0 Å². The van der Waals surface area contributed by atoms with Crippen LogP contribution in [0.5, 0.6) is 5.75 Å². The smallest absolute Gasteiger partial charge is 0.262 e. The summed E-state index contributed by atoms with van der Waals surface area (Å²) in [5.74, 6) is 0.881. The molecule has 7 heteroatoms. The normalized spacial score (nSPS) is 10.3. The van der Waals surface area contributed by atoms with Gasteiger partial charge in [-0.3, -0.25) is 4.79 Å². The molecule has 0 fully saturated rings. The van der Waals surface area contributed by atoms with E-state index in [1.165, 1.54) is 0 Å². The van der Waals surface area contributed by atoms with Crippen LogP contribution in [0.25, 0.3) is 0 Å². The van der Waals surface area contributed by atoms with E-state index in [4.69, 9.17) is 16.3 Å². The second-order valence-corrected chi connectivity index (χ2v) is 6.40. The van der Waals surface area contributed by atoms with Crippen molar-refractivity contribution in [2.45, 2.75) is 13.8 Å². The van der Waals surface area contributed by atoms with Gasteiger partial charge in [-0.05, 0) is 68.4 Å². The van der Waals surface area contributed by atoms with Gasteiger partial charge in [0.15, 0.2) is 6.61 Å². The Morgan fingerprint density at radius 2 is 1.56 bits per heavy atom. The van der Waals surface area contributed by atoms with Crippen LogP contribution in [-0.4, -0.2) is 22.5 Å². The number of carbonyl (C=O) groups is 1. The average Bonchev–Trinajstić information content (AvgIpc) is 2.62. The number of aromatic nitrogens is 2. The highest BCUT2D eigenvalue weighted by Crippen LogP contribution is 2.18. The fraction of sp³-hybridized carbons (Fsp3) is 0.150. The molecule has 0 bridgehead atoms. The van der Waals surface area contributed by atoms with Gasteiger partial charge in [-0.1, -0.05) is 11.6 Å². The van der Waals surface area contributed by atoms with Crippen LogP contribution in [0.2, 0.25) is 5.02 Å². The lowest BCUT2D eigenvalue weighted by Crippen LogP contribution is -2.20. The first kappa shape index (κ1) is 18.7. The summed E-state index contributed by atoms with van der Waals surface area (Å²) in [5.41, 5.74) is 3.30. The molecule has 2 aromatic carbocycles. The maximum absolute atomic E-state index is 12.0. The molecule has 0 atom stereocenters. The molecule has 3 aromatic rings. The summed E-state index contributed by atoms with van der Waals surface area (Å²) in [6, 6.07) is 16.0. The topological polar surface area (TPSA) is 76.1 Å². The molecule has 0 spiro atoms. The number of hydrogen-bond acceptors (Lipinski definition) is 5. The molecular weight excluding hydrogens is 364 g/mol. The summed E-state index contributed by atoms with van der Waals surface area (Å²) in [6.45, 7) is 3.76. The molecule has 1 heterocycles. The average molecular weight is 383 g/mol. The van der Waals surface area contributed by atoms with E-state index in [2.05, 4.69) is 20.6 Å². The number of halogens is 1. The maximum Gasteiger partial charge on any atom is 0.262 e. The van der Waals surface area contributed by atoms with Crippen molar-refractivity contribution in [3.8, 4) is 5.75 Å². The highest BCUT2D eigenvalue weighted by atomic mass is 35.5. The number of nitrogens with zero attached hydrogens (tertiary/aromatic N) is 2. The minimum Gasteiger partial charge on any atom is -0.484 e. The number of nitrogens with one attached hydrogen (secondary N) is 2. The van der Waals surface area contributed by atoms with Crippen LogP contribution in [-0.2, 0) is 4.79 Å². The number of amides is 1. The minimum atomic E-state index is -0.247. The van der Waals surface area contributed by atoms with Crippen molar-refractivity contribution in [1.82, 2.24) is 9.97 Å². The molecule has 0 radical (unpaired) electrons. The third-order valence-corrected chi connectivity index (χ3v) is 3.84. The van der Waals surface area contributed by atoms with Crippen molar-refractivity contribution in [2.24, 2.45) is 0 Å². The fourth-order valence-electron chi connectivity index (χ4n) is 2.42. The lowest BCUT2D eigenvalue weighted by molar-refractivity contribution is -0.118. The summed E-state index contributed by atoms with van der Waals surface area (Å²) in [5, 5.41) is 6.55. The first-order valence-corrected chi connectivity index (χ1v) is 8.73. The number of ether oxygens (including phenoxy) is 1. The number of carbonyl (C=O) groups excluding carboxylic acids is 1. The zero-order valence-electron chi connectivity index (χ0n) is 15.0. The van der Waals surface area contributed by atoms with Crippen molar-refractivity contribution >= 4 is 34.8 Å². The van der Waals surface area contributed by atoms with E-state index in [9.17, 15) is 4.79 Å². The lowest BCUT2D eigenvalue weighted by Gasteiger charge is -2.09. The highest BCUT2D eigenvalue weighted by molar-refractivity contribution is 6.30. The molecule has 1 aromatic heterocycles. The van der Waals surface area contributed by atoms with Gasteiger partial charge in [0.2, 0.25) is 5.95 Å². The highest BCUT2D eigenvalue weighted by Gasteiger charge is 2.05. The van der Waals surface area contributed by atoms with Gasteiger partial charge in [0.05, 0.1) is 0 Å². The van der Waals surface area contributed by atoms with Gasteiger partial charge in [-0.25, -0.2) is 9.97 Å². The number of benzene rings is 2. The third kappa shape index (κ3) is 5.69. The van der Waals surface area contributed by atoms with E-state index in [1.807, 2.05) is 32.0 Å². The second-order valence-electron chi connectivity index (χ2n) is 5.97. The SMILES string of the molecule is Cc1cc(C)nc(Nc2ccc(NC(=O)COc3ccc(Cl)cc3)cc2)n1. The minimum absolute atomic E-state index is 0.0853. The number of hydrogen-bond donors (Lipinski definition) is 2. The Balaban J connectivity index is 1.53. The van der Waals surface area contributed by atoms with E-state index in [0.717, 1.165) is 17.1 Å². The van der Waals surface area contributed by atoms with Gasteiger partial charge < -0.3 is 15.4 Å². The van der Waals surface area contributed by atoms with Crippen molar-refractivity contribution in [3.63, 3.8) is 0 Å². The predicted octanol–water partition coefficient (Wildman–Crippen LogP) is 4.51. The van der Waals surface area contributed by atoms with Crippen LogP contribution < -0.4 is 15.4 Å². The molecule has 0 saturated carbocycles. The third-order valence-electron chi connectivity index (χ3n) is 3.59.